The van der Waals surface area contributed by atoms with Gasteiger partial charge in [0.25, 0.3) is 0 Å². The van der Waals surface area contributed by atoms with E-state index < -0.39 is 0 Å². The standard InChI is InChI=1S/C33H22N4/c1-19(2)24-12-11-20(18-34)13-25(24)23-15-27-26-14-21-7-3-4-8-22(21)16-30(26)37-32(27)31(17-23)36-29-10-6-5-9-28(29)35-33(36)37/h3-17,19H,1-2H3. The molecule has 0 saturated carbocycles. The molecule has 5 aromatic carbocycles. The van der Waals surface area contributed by atoms with Crippen molar-refractivity contribution < 1.29 is 0 Å². The van der Waals surface area contributed by atoms with Crippen molar-refractivity contribution >= 4 is 54.9 Å². The molecular formula is C33H22N4. The van der Waals surface area contributed by atoms with Crippen LogP contribution in [0.3, 0.4) is 0 Å². The predicted octanol–water partition coefficient (Wildman–Crippen LogP) is 8.30. The van der Waals surface area contributed by atoms with E-state index in [0.717, 1.165) is 39.0 Å². The summed E-state index contributed by atoms with van der Waals surface area (Å²) in [5.74, 6) is 1.26. The van der Waals surface area contributed by atoms with E-state index in [2.05, 4.69) is 102 Å². The first-order chi connectivity index (χ1) is 18.1. The summed E-state index contributed by atoms with van der Waals surface area (Å²) in [6.07, 6.45) is 0. The first kappa shape index (κ1) is 20.3. The highest BCUT2D eigenvalue weighted by Gasteiger charge is 2.23. The van der Waals surface area contributed by atoms with Gasteiger partial charge in [-0.2, -0.15) is 5.26 Å². The second-order valence-corrected chi connectivity index (χ2v) is 10.2. The van der Waals surface area contributed by atoms with Crippen LogP contribution < -0.4 is 0 Å². The molecule has 0 aliphatic rings. The zero-order chi connectivity index (χ0) is 24.8. The van der Waals surface area contributed by atoms with Crippen LogP contribution in [0.15, 0.2) is 91.0 Å². The zero-order valence-corrected chi connectivity index (χ0v) is 20.5. The van der Waals surface area contributed by atoms with Crippen molar-refractivity contribution in [2.45, 2.75) is 19.8 Å². The minimum absolute atomic E-state index is 0.335. The van der Waals surface area contributed by atoms with Crippen molar-refractivity contribution in [3.8, 4) is 17.2 Å². The van der Waals surface area contributed by atoms with Crippen LogP contribution >= 0.6 is 0 Å². The summed E-state index contributed by atoms with van der Waals surface area (Å²) in [6.45, 7) is 4.42. The van der Waals surface area contributed by atoms with Gasteiger partial charge in [-0.25, -0.2) is 4.98 Å². The van der Waals surface area contributed by atoms with Crippen molar-refractivity contribution in [2.75, 3.05) is 0 Å². The molecular weight excluding hydrogens is 452 g/mol. The third kappa shape index (κ3) is 2.63. The molecule has 0 aliphatic carbocycles. The molecule has 8 rings (SSSR count). The molecule has 0 spiro atoms. The van der Waals surface area contributed by atoms with Crippen molar-refractivity contribution in [1.29, 1.82) is 5.26 Å². The number of nitriles is 1. The van der Waals surface area contributed by atoms with Crippen molar-refractivity contribution in [2.24, 2.45) is 0 Å². The SMILES string of the molecule is CC(C)c1ccc(C#N)cc1-c1cc2c3cc4ccccc4cc3n3c2c(c1)n1c2ccccc2nc13. The van der Waals surface area contributed by atoms with E-state index in [4.69, 9.17) is 4.98 Å². The van der Waals surface area contributed by atoms with E-state index in [1.807, 2.05) is 18.2 Å². The number of nitrogens with zero attached hydrogens (tertiary/aromatic N) is 4. The third-order valence-electron chi connectivity index (χ3n) is 7.81. The lowest BCUT2D eigenvalue weighted by atomic mass is 9.90. The van der Waals surface area contributed by atoms with E-state index in [1.165, 1.54) is 32.6 Å². The summed E-state index contributed by atoms with van der Waals surface area (Å²) in [4.78, 5) is 5.09. The average molecular weight is 475 g/mol. The fourth-order valence-corrected chi connectivity index (χ4v) is 6.12. The smallest absolute Gasteiger partial charge is 0.220 e. The van der Waals surface area contributed by atoms with E-state index in [9.17, 15) is 5.26 Å². The fourth-order valence-electron chi connectivity index (χ4n) is 6.12. The number of imidazole rings is 2. The Morgan fingerprint density at radius 3 is 2.32 bits per heavy atom. The molecule has 4 heteroatoms. The molecule has 0 radical (unpaired) electrons. The summed E-state index contributed by atoms with van der Waals surface area (Å²) in [7, 11) is 0. The van der Waals surface area contributed by atoms with E-state index in [-0.39, 0.29) is 0 Å². The van der Waals surface area contributed by atoms with Gasteiger partial charge < -0.3 is 0 Å². The Labute approximate surface area is 213 Å². The van der Waals surface area contributed by atoms with Crippen LogP contribution in [0.5, 0.6) is 0 Å². The quantitative estimate of drug-likeness (QED) is 0.253. The van der Waals surface area contributed by atoms with Crippen LogP contribution in [-0.4, -0.2) is 13.8 Å². The zero-order valence-electron chi connectivity index (χ0n) is 20.5. The van der Waals surface area contributed by atoms with Gasteiger partial charge in [-0.1, -0.05) is 56.3 Å². The van der Waals surface area contributed by atoms with Crippen LogP contribution in [0.25, 0.3) is 66.0 Å². The van der Waals surface area contributed by atoms with Gasteiger partial charge in [0.1, 0.15) is 0 Å². The van der Waals surface area contributed by atoms with Crippen LogP contribution in [0.4, 0.5) is 0 Å². The van der Waals surface area contributed by atoms with Crippen LogP contribution in [0.1, 0.15) is 30.9 Å². The minimum Gasteiger partial charge on any atom is -0.277 e. The van der Waals surface area contributed by atoms with Crippen LogP contribution in [-0.2, 0) is 0 Å². The number of benzene rings is 5. The van der Waals surface area contributed by atoms with E-state index in [0.29, 0.717) is 11.5 Å². The predicted molar refractivity (Wildman–Crippen MR) is 152 cm³/mol. The molecule has 8 aromatic rings. The van der Waals surface area contributed by atoms with Crippen molar-refractivity contribution in [3.63, 3.8) is 0 Å². The molecule has 37 heavy (non-hydrogen) atoms. The number of hydrogen-bond donors (Lipinski definition) is 0. The molecule has 0 amide bonds. The van der Waals surface area contributed by atoms with Crippen molar-refractivity contribution in [3.05, 3.63) is 102 Å². The van der Waals surface area contributed by atoms with Crippen LogP contribution in [0, 0.1) is 11.3 Å². The maximum Gasteiger partial charge on any atom is 0.220 e. The Hall–Kier alpha value is -4.88. The summed E-state index contributed by atoms with van der Waals surface area (Å²) >= 11 is 0. The van der Waals surface area contributed by atoms with E-state index >= 15 is 0 Å². The monoisotopic (exact) mass is 474 g/mol. The number of hydrogen-bond acceptors (Lipinski definition) is 2. The molecule has 3 aromatic heterocycles. The molecule has 0 bridgehead atoms. The highest BCUT2D eigenvalue weighted by Crippen LogP contribution is 2.42. The molecule has 3 heterocycles. The molecule has 174 valence electrons. The molecule has 0 N–H and O–H groups in total. The second kappa shape index (κ2) is 7.09. The van der Waals surface area contributed by atoms with Gasteiger partial charge >= 0.3 is 0 Å². The Morgan fingerprint density at radius 1 is 0.730 bits per heavy atom. The molecule has 0 atom stereocenters. The maximum atomic E-state index is 9.68. The lowest BCUT2D eigenvalue weighted by molar-refractivity contribution is 0.869. The normalized spacial score (nSPS) is 12.3. The first-order valence-corrected chi connectivity index (χ1v) is 12.7. The number of aromatic nitrogens is 3. The second-order valence-electron chi connectivity index (χ2n) is 10.2. The van der Waals surface area contributed by atoms with Gasteiger partial charge in [0.2, 0.25) is 5.78 Å². The van der Waals surface area contributed by atoms with Gasteiger partial charge in [-0.3, -0.25) is 8.80 Å². The topological polar surface area (TPSA) is 45.5 Å². The highest BCUT2D eigenvalue weighted by molar-refractivity contribution is 6.19. The average Bonchev–Trinajstić information content (AvgIpc) is 3.56. The fraction of sp³-hybridized carbons (Fsp3) is 0.0909. The van der Waals surface area contributed by atoms with Crippen LogP contribution in [0.2, 0.25) is 0 Å². The Kier molecular flexibility index (Phi) is 3.89. The Balaban J connectivity index is 1.62. The third-order valence-corrected chi connectivity index (χ3v) is 7.81. The van der Waals surface area contributed by atoms with Gasteiger partial charge in [0, 0.05) is 10.8 Å². The number of rotatable bonds is 2. The van der Waals surface area contributed by atoms with Gasteiger partial charge in [0.05, 0.1) is 39.2 Å². The summed E-state index contributed by atoms with van der Waals surface area (Å²) in [6, 6.07) is 34.5. The Morgan fingerprint density at radius 2 is 1.51 bits per heavy atom. The molecule has 0 unspecified atom stereocenters. The van der Waals surface area contributed by atoms with E-state index in [1.54, 1.807) is 0 Å². The number of para-hydroxylation sites is 2. The minimum atomic E-state index is 0.335. The van der Waals surface area contributed by atoms with Crippen molar-refractivity contribution in [1.82, 2.24) is 13.8 Å². The number of fused-ring (bicyclic) bond motifs is 9. The molecule has 0 saturated heterocycles. The summed E-state index contributed by atoms with van der Waals surface area (Å²) < 4.78 is 4.62. The largest absolute Gasteiger partial charge is 0.277 e. The Bertz CT molecular complexity index is 2240. The summed E-state index contributed by atoms with van der Waals surface area (Å²) in [5.41, 5.74) is 9.73. The highest BCUT2D eigenvalue weighted by atomic mass is 15.2. The van der Waals surface area contributed by atoms with Gasteiger partial charge in [-0.15, -0.1) is 0 Å². The van der Waals surface area contributed by atoms with Gasteiger partial charge in [-0.05, 0) is 81.9 Å². The summed E-state index contributed by atoms with van der Waals surface area (Å²) in [5, 5.41) is 14.6. The first-order valence-electron chi connectivity index (χ1n) is 12.7. The molecule has 0 aliphatic heterocycles. The maximum absolute atomic E-state index is 9.68. The lowest BCUT2D eigenvalue weighted by Crippen LogP contribution is -1.94. The van der Waals surface area contributed by atoms with Gasteiger partial charge in [0.15, 0.2) is 0 Å². The molecule has 0 fully saturated rings. The lowest BCUT2D eigenvalue weighted by Gasteiger charge is -2.14. The molecule has 4 nitrogen and oxygen atoms in total.